The fourth-order valence-electron chi connectivity index (χ4n) is 2.55. The SMILES string of the molecule is C=C(C)CN1CCC(NC2CCC2)CC1. The quantitative estimate of drug-likeness (QED) is 0.712. The molecule has 0 radical (unpaired) electrons. The lowest BCUT2D eigenvalue weighted by Crippen LogP contribution is -2.48. The topological polar surface area (TPSA) is 15.3 Å². The van der Waals surface area contributed by atoms with E-state index in [1.165, 1.54) is 50.8 Å². The van der Waals surface area contributed by atoms with Crippen LogP contribution in [0.25, 0.3) is 0 Å². The summed E-state index contributed by atoms with van der Waals surface area (Å²) >= 11 is 0. The molecule has 1 aliphatic carbocycles. The molecule has 0 amide bonds. The number of hydrogen-bond donors (Lipinski definition) is 1. The van der Waals surface area contributed by atoms with Crippen LogP contribution in [0.15, 0.2) is 12.2 Å². The zero-order valence-corrected chi connectivity index (χ0v) is 9.97. The average Bonchev–Trinajstić information content (AvgIpc) is 2.13. The minimum absolute atomic E-state index is 0.789. The summed E-state index contributed by atoms with van der Waals surface area (Å²) < 4.78 is 0. The predicted octanol–water partition coefficient (Wildman–Crippen LogP) is 2.17. The molecule has 15 heavy (non-hydrogen) atoms. The van der Waals surface area contributed by atoms with Crippen LogP contribution in [-0.2, 0) is 0 Å². The van der Waals surface area contributed by atoms with Gasteiger partial charge in [-0.2, -0.15) is 0 Å². The lowest BCUT2D eigenvalue weighted by molar-refractivity contribution is 0.187. The largest absolute Gasteiger partial charge is 0.311 e. The van der Waals surface area contributed by atoms with Gasteiger partial charge in [-0.25, -0.2) is 0 Å². The van der Waals surface area contributed by atoms with Crippen molar-refractivity contribution in [2.24, 2.45) is 0 Å². The first-order valence-electron chi connectivity index (χ1n) is 6.37. The maximum atomic E-state index is 3.98. The van der Waals surface area contributed by atoms with E-state index >= 15 is 0 Å². The minimum Gasteiger partial charge on any atom is -0.311 e. The summed E-state index contributed by atoms with van der Waals surface area (Å²) in [5.41, 5.74) is 1.29. The molecule has 1 aliphatic heterocycles. The zero-order chi connectivity index (χ0) is 10.7. The highest BCUT2D eigenvalue weighted by Gasteiger charge is 2.24. The van der Waals surface area contributed by atoms with E-state index in [2.05, 4.69) is 23.7 Å². The lowest BCUT2D eigenvalue weighted by atomic mass is 9.91. The van der Waals surface area contributed by atoms with E-state index in [0.29, 0.717) is 0 Å². The van der Waals surface area contributed by atoms with Gasteiger partial charge in [0.15, 0.2) is 0 Å². The molecule has 2 aliphatic rings. The number of likely N-dealkylation sites (tertiary alicyclic amines) is 1. The van der Waals surface area contributed by atoms with Crippen LogP contribution >= 0.6 is 0 Å². The summed E-state index contributed by atoms with van der Waals surface area (Å²) in [6.45, 7) is 9.69. The maximum absolute atomic E-state index is 3.98. The van der Waals surface area contributed by atoms with Gasteiger partial charge in [0.1, 0.15) is 0 Å². The Morgan fingerprint density at radius 3 is 2.27 bits per heavy atom. The van der Waals surface area contributed by atoms with Crippen LogP contribution in [0.4, 0.5) is 0 Å². The third kappa shape index (κ3) is 3.32. The van der Waals surface area contributed by atoms with Crippen molar-refractivity contribution in [2.75, 3.05) is 19.6 Å². The van der Waals surface area contributed by atoms with Crippen molar-refractivity contribution in [3.8, 4) is 0 Å². The van der Waals surface area contributed by atoms with Crippen molar-refractivity contribution in [2.45, 2.75) is 51.1 Å². The summed E-state index contributed by atoms with van der Waals surface area (Å²) in [6.07, 6.45) is 6.90. The van der Waals surface area contributed by atoms with E-state index < -0.39 is 0 Å². The van der Waals surface area contributed by atoms with Crippen molar-refractivity contribution in [3.63, 3.8) is 0 Å². The number of piperidine rings is 1. The molecule has 2 rings (SSSR count). The second kappa shape index (κ2) is 5.13. The van der Waals surface area contributed by atoms with Gasteiger partial charge in [-0.1, -0.05) is 18.6 Å². The van der Waals surface area contributed by atoms with E-state index in [-0.39, 0.29) is 0 Å². The van der Waals surface area contributed by atoms with Crippen LogP contribution in [-0.4, -0.2) is 36.6 Å². The zero-order valence-electron chi connectivity index (χ0n) is 9.97. The molecule has 0 aromatic heterocycles. The molecule has 0 aromatic rings. The molecule has 0 spiro atoms. The Kier molecular flexibility index (Phi) is 3.81. The van der Waals surface area contributed by atoms with Crippen LogP contribution < -0.4 is 5.32 Å². The number of hydrogen-bond acceptors (Lipinski definition) is 2. The van der Waals surface area contributed by atoms with Crippen LogP contribution in [0, 0.1) is 0 Å². The van der Waals surface area contributed by atoms with Gasteiger partial charge in [-0.15, -0.1) is 0 Å². The van der Waals surface area contributed by atoms with Gasteiger partial charge >= 0.3 is 0 Å². The summed E-state index contributed by atoms with van der Waals surface area (Å²) in [5, 5.41) is 3.78. The molecule has 1 saturated heterocycles. The maximum Gasteiger partial charge on any atom is 0.0187 e. The Morgan fingerprint density at radius 1 is 1.20 bits per heavy atom. The van der Waals surface area contributed by atoms with Gasteiger partial charge in [0.05, 0.1) is 0 Å². The molecule has 2 heteroatoms. The molecule has 1 N–H and O–H groups in total. The molecule has 1 saturated carbocycles. The monoisotopic (exact) mass is 208 g/mol. The average molecular weight is 208 g/mol. The van der Waals surface area contributed by atoms with E-state index in [1.54, 1.807) is 0 Å². The van der Waals surface area contributed by atoms with Crippen LogP contribution in [0.2, 0.25) is 0 Å². The third-order valence-electron chi connectivity index (χ3n) is 3.66. The fraction of sp³-hybridized carbons (Fsp3) is 0.846. The molecular formula is C13H24N2. The molecule has 0 unspecified atom stereocenters. The molecule has 0 aromatic carbocycles. The highest BCUT2D eigenvalue weighted by molar-refractivity contribution is 4.94. The Balaban J connectivity index is 1.64. The van der Waals surface area contributed by atoms with Crippen molar-refractivity contribution in [1.29, 1.82) is 0 Å². The van der Waals surface area contributed by atoms with Gasteiger partial charge in [0.25, 0.3) is 0 Å². The number of nitrogens with one attached hydrogen (secondary N) is 1. The van der Waals surface area contributed by atoms with E-state index in [1.807, 2.05) is 0 Å². The lowest BCUT2D eigenvalue weighted by Gasteiger charge is -2.37. The first-order chi connectivity index (χ1) is 7.24. The number of rotatable bonds is 4. The fourth-order valence-corrected chi connectivity index (χ4v) is 2.55. The normalized spacial score (nSPS) is 25.1. The smallest absolute Gasteiger partial charge is 0.0187 e. The highest BCUT2D eigenvalue weighted by atomic mass is 15.1. The second-order valence-electron chi connectivity index (χ2n) is 5.30. The van der Waals surface area contributed by atoms with E-state index in [4.69, 9.17) is 0 Å². The van der Waals surface area contributed by atoms with Crippen LogP contribution in [0.1, 0.15) is 39.0 Å². The first kappa shape index (κ1) is 11.2. The predicted molar refractivity (Wildman–Crippen MR) is 65.1 cm³/mol. The van der Waals surface area contributed by atoms with Crippen LogP contribution in [0.5, 0.6) is 0 Å². The molecular weight excluding hydrogens is 184 g/mol. The van der Waals surface area contributed by atoms with Gasteiger partial charge in [-0.05, 0) is 45.7 Å². The van der Waals surface area contributed by atoms with E-state index in [9.17, 15) is 0 Å². The van der Waals surface area contributed by atoms with Crippen molar-refractivity contribution < 1.29 is 0 Å². The molecule has 86 valence electrons. The molecule has 2 fully saturated rings. The van der Waals surface area contributed by atoms with Crippen molar-refractivity contribution in [3.05, 3.63) is 12.2 Å². The second-order valence-corrected chi connectivity index (χ2v) is 5.30. The molecule has 0 atom stereocenters. The van der Waals surface area contributed by atoms with Gasteiger partial charge in [0, 0.05) is 18.6 Å². The third-order valence-corrected chi connectivity index (χ3v) is 3.66. The van der Waals surface area contributed by atoms with E-state index in [0.717, 1.165) is 18.6 Å². The summed E-state index contributed by atoms with van der Waals surface area (Å²) in [6, 6.07) is 1.64. The van der Waals surface area contributed by atoms with Gasteiger partial charge in [-0.3, -0.25) is 4.90 Å². The minimum atomic E-state index is 0.789. The van der Waals surface area contributed by atoms with Crippen LogP contribution in [0.3, 0.4) is 0 Å². The van der Waals surface area contributed by atoms with Gasteiger partial charge in [0.2, 0.25) is 0 Å². The van der Waals surface area contributed by atoms with Crippen molar-refractivity contribution >= 4 is 0 Å². The molecule has 2 nitrogen and oxygen atoms in total. The Morgan fingerprint density at radius 2 is 1.80 bits per heavy atom. The Hall–Kier alpha value is -0.340. The summed E-state index contributed by atoms with van der Waals surface area (Å²) in [5.74, 6) is 0. The molecule has 1 heterocycles. The Labute approximate surface area is 93.7 Å². The molecule has 0 bridgehead atoms. The van der Waals surface area contributed by atoms with Gasteiger partial charge < -0.3 is 5.32 Å². The standard InChI is InChI=1S/C13H24N2/c1-11(2)10-15-8-6-13(7-9-15)14-12-4-3-5-12/h12-14H,1,3-10H2,2H3. The van der Waals surface area contributed by atoms with Crippen molar-refractivity contribution in [1.82, 2.24) is 10.2 Å². The summed E-state index contributed by atoms with van der Waals surface area (Å²) in [4.78, 5) is 2.53. The summed E-state index contributed by atoms with van der Waals surface area (Å²) in [7, 11) is 0. The Bertz CT molecular complexity index is 213. The highest BCUT2D eigenvalue weighted by Crippen LogP contribution is 2.21. The number of nitrogens with zero attached hydrogens (tertiary/aromatic N) is 1. The first-order valence-corrected chi connectivity index (χ1v) is 6.37.